The Labute approximate surface area is 572 Å². The van der Waals surface area contributed by atoms with E-state index in [1.54, 1.807) is 6.08 Å². The van der Waals surface area contributed by atoms with Gasteiger partial charge in [-0.2, -0.15) is 33.9 Å². The van der Waals surface area contributed by atoms with Crippen LogP contribution in [0.4, 0.5) is 11.6 Å². The van der Waals surface area contributed by atoms with Gasteiger partial charge in [-0.25, -0.2) is 57.3 Å². The molecule has 4 aromatic rings. The number of hydrogen-bond acceptors (Lipinski definition) is 34. The summed E-state index contributed by atoms with van der Waals surface area (Å²) in [6.45, 7) is 6.70. The van der Waals surface area contributed by atoms with E-state index in [4.69, 9.17) is 39.0 Å². The summed E-state index contributed by atoms with van der Waals surface area (Å²) in [7, 11) is -32.6. The summed E-state index contributed by atoms with van der Waals surface area (Å²) in [5.41, 5.74) is 8.60. The summed E-state index contributed by atoms with van der Waals surface area (Å²) in [5, 5.41) is 52.2. The van der Waals surface area contributed by atoms with E-state index in [-0.39, 0.29) is 71.7 Å². The third-order valence-electron chi connectivity index (χ3n) is 13.0. The summed E-state index contributed by atoms with van der Waals surface area (Å²) < 4.78 is 123. The standard InChI is InChI=1S/2C21H36N7O16P3S.C3H6/c2*1-21(2,16(31)19(32)24-4-3-12(29)23-5-6-48)8-41-47(38,39)44-46(36,37)40-7-11-15(43-45(33,34)35)14(30)20(42-11)28-10-27-13-17(22)25-9-26-18(13)28;1-3-2/h2*9-11,14-16,20,30-31,48H,3-8H2,1-2H3,(H,23,29)(H,24,32)(H,36,37)(H,38,39)(H2,22,25,26)(H2,33,34,35);3H,1H2,2H3/t2*11-,14-,15-,16+,20-;/m11./s1. The lowest BCUT2D eigenvalue weighted by Crippen LogP contribution is -2.46. The number of thiol groups is 2. The number of nitrogens with two attached hydrogens (primary N) is 2. The van der Waals surface area contributed by atoms with E-state index in [0.717, 1.165) is 34.4 Å². The second kappa shape index (κ2) is 37.3. The minimum Gasteiger partial charge on any atom is -0.386 e. The molecule has 0 bridgehead atoms. The zero-order valence-electron chi connectivity index (χ0n) is 52.7. The summed E-state index contributed by atoms with van der Waals surface area (Å²) in [4.78, 5) is 149. The summed E-state index contributed by atoms with van der Waals surface area (Å²) in [6.07, 6.45) is -11.7. The van der Waals surface area contributed by atoms with Crippen LogP contribution >= 0.6 is 72.2 Å². The van der Waals surface area contributed by atoms with Gasteiger partial charge in [-0.3, -0.25) is 55.5 Å². The average molecular weight is 1580 g/mol. The average Bonchev–Trinajstić information content (AvgIpc) is 1.62. The van der Waals surface area contributed by atoms with Gasteiger partial charge in [0.25, 0.3) is 0 Å². The maximum atomic E-state index is 12.6. The van der Waals surface area contributed by atoms with Crippen molar-refractivity contribution in [1.29, 1.82) is 0 Å². The molecule has 2 fully saturated rings. The van der Waals surface area contributed by atoms with Gasteiger partial charge in [0.05, 0.1) is 39.1 Å². The lowest BCUT2D eigenvalue weighted by Gasteiger charge is -2.30. The highest BCUT2D eigenvalue weighted by Gasteiger charge is 2.52. The van der Waals surface area contributed by atoms with Gasteiger partial charge in [-0.15, -0.1) is 6.58 Å². The summed E-state index contributed by atoms with van der Waals surface area (Å²) in [5.74, 6) is -1.89. The number of nitrogen functional groups attached to an aromatic ring is 2. The van der Waals surface area contributed by atoms with E-state index in [1.807, 2.05) is 6.92 Å². The number of aliphatic hydroxyl groups excluding tert-OH is 4. The number of aliphatic hydroxyl groups is 4. The molecule has 20 N–H and O–H groups in total. The number of fused-ring (bicyclic) bond motifs is 2. The van der Waals surface area contributed by atoms with Crippen molar-refractivity contribution in [2.45, 2.75) is 109 Å². The van der Waals surface area contributed by atoms with Gasteiger partial charge in [0.2, 0.25) is 23.6 Å². The third kappa shape index (κ3) is 27.3. The number of anilines is 2. The van der Waals surface area contributed by atoms with Gasteiger partial charge < -0.3 is 102 Å². The van der Waals surface area contributed by atoms with Gasteiger partial charge in [-0.05, 0) is 6.92 Å². The Morgan fingerprint density at radius 2 is 0.909 bits per heavy atom. The van der Waals surface area contributed by atoms with Crippen LogP contribution in [0.25, 0.3) is 22.3 Å². The largest absolute Gasteiger partial charge is 0.481 e. The van der Waals surface area contributed by atoms with Crippen molar-refractivity contribution in [2.24, 2.45) is 10.8 Å². The molecule has 6 rings (SSSR count). The maximum absolute atomic E-state index is 12.6. The predicted molar refractivity (Wildman–Crippen MR) is 343 cm³/mol. The predicted octanol–water partition coefficient (Wildman–Crippen LogP) is -2.14. The molecule has 2 aliphatic heterocycles. The fourth-order valence-electron chi connectivity index (χ4n) is 8.27. The molecule has 0 spiro atoms. The monoisotopic (exact) mass is 1580 g/mol. The number of nitrogens with one attached hydrogen (secondary N) is 4. The highest BCUT2D eigenvalue weighted by atomic mass is 32.1. The Balaban J connectivity index is 0.000000404. The number of carbonyl (C=O) groups is 4. The first kappa shape index (κ1) is 86.9. The van der Waals surface area contributed by atoms with Crippen molar-refractivity contribution < 1.29 is 151 Å². The molecular formula is C45H78N14O32P6S2. The second-order valence-electron chi connectivity index (χ2n) is 22.0. The molecule has 99 heavy (non-hydrogen) atoms. The highest BCUT2D eigenvalue weighted by molar-refractivity contribution is 7.80. The molecule has 14 atom stereocenters. The zero-order chi connectivity index (χ0) is 74.9. The molecule has 54 heteroatoms. The Hall–Kier alpha value is -4.48. The number of hydrogen-bond donors (Lipinski definition) is 20. The van der Waals surface area contributed by atoms with E-state index < -0.39 is 157 Å². The first-order valence-electron chi connectivity index (χ1n) is 28.3. The van der Waals surface area contributed by atoms with Crippen LogP contribution in [0, 0.1) is 10.8 Å². The Bertz CT molecular complexity index is 3470. The van der Waals surface area contributed by atoms with Crippen LogP contribution in [0.5, 0.6) is 0 Å². The minimum absolute atomic E-state index is 0.0363. The molecule has 562 valence electrons. The van der Waals surface area contributed by atoms with Crippen LogP contribution in [0.3, 0.4) is 0 Å². The summed E-state index contributed by atoms with van der Waals surface area (Å²) >= 11 is 7.90. The van der Waals surface area contributed by atoms with Crippen molar-refractivity contribution in [2.75, 3.05) is 75.6 Å². The Morgan fingerprint density at radius 3 is 1.22 bits per heavy atom. The minimum atomic E-state index is -5.54. The first-order chi connectivity index (χ1) is 45.7. The van der Waals surface area contributed by atoms with Crippen LogP contribution in [-0.2, 0) is 91.8 Å². The third-order valence-corrected chi connectivity index (χ3v) is 19.7. The molecule has 4 aromatic heterocycles. The quantitative estimate of drug-likeness (QED) is 0.0131. The van der Waals surface area contributed by atoms with E-state index in [9.17, 15) is 106 Å². The lowest BCUT2D eigenvalue weighted by atomic mass is 9.87. The molecule has 2 saturated heterocycles. The topological polar surface area (TPSA) is 693 Å². The van der Waals surface area contributed by atoms with E-state index in [2.05, 4.69) is 101 Å². The normalized spacial score (nSPS) is 22.8. The number of phosphoric acid groups is 6. The highest BCUT2D eigenvalue weighted by Crippen LogP contribution is 2.62. The van der Waals surface area contributed by atoms with Crippen LogP contribution in [0.15, 0.2) is 38.0 Å². The van der Waals surface area contributed by atoms with Crippen molar-refractivity contribution in [3.63, 3.8) is 0 Å². The van der Waals surface area contributed by atoms with Crippen molar-refractivity contribution in [1.82, 2.24) is 60.3 Å². The SMILES string of the molecule is C=CC.CC(C)(COP(=O)(O)OP(=O)(O)OC[C@H]1O[C@@H](n2cnc3c(N)ncnc32)[C@H](O)[C@@H]1OP(=O)(O)O)[C@@H](O)C(=O)NCCC(=O)NCCS.CC(C)(COP(=O)(O)OP(=O)(O)OC[C@H]1O[C@@H](n2cnc3c(N)ncnc32)[C@H](O)[C@@H]1OP(=O)(O)O)[C@@H](O)C(=O)NCCC(=O)NCCS. The molecule has 0 aliphatic carbocycles. The number of ether oxygens (including phenoxy) is 2. The Morgan fingerprint density at radius 1 is 0.586 bits per heavy atom. The fourth-order valence-corrected chi connectivity index (χ4v) is 14.2. The molecule has 46 nitrogen and oxygen atoms in total. The molecule has 0 saturated carbocycles. The maximum Gasteiger partial charge on any atom is 0.481 e. The van der Waals surface area contributed by atoms with Gasteiger partial charge in [0.15, 0.2) is 35.4 Å². The summed E-state index contributed by atoms with van der Waals surface area (Å²) in [6, 6.07) is 0. The van der Waals surface area contributed by atoms with E-state index in [1.165, 1.54) is 27.7 Å². The van der Waals surface area contributed by atoms with Crippen LogP contribution in [0.1, 0.15) is 59.9 Å². The number of amides is 4. The van der Waals surface area contributed by atoms with Crippen molar-refractivity contribution >= 4 is 130 Å². The van der Waals surface area contributed by atoms with Crippen LogP contribution in [0.2, 0.25) is 0 Å². The molecule has 0 radical (unpaired) electrons. The van der Waals surface area contributed by atoms with E-state index in [0.29, 0.717) is 24.6 Å². The number of aromatic nitrogens is 8. The lowest BCUT2D eigenvalue weighted by molar-refractivity contribution is -0.137. The number of carbonyl (C=O) groups excluding carboxylic acids is 4. The second-order valence-corrected chi connectivity index (χ2v) is 31.4. The van der Waals surface area contributed by atoms with Crippen LogP contribution < -0.4 is 32.7 Å². The number of allylic oxidation sites excluding steroid dienone is 1. The Kier molecular flexibility index (Phi) is 32.7. The van der Waals surface area contributed by atoms with Crippen LogP contribution in [-0.4, -0.2) is 235 Å². The van der Waals surface area contributed by atoms with Gasteiger partial charge in [0.1, 0.15) is 72.5 Å². The van der Waals surface area contributed by atoms with Gasteiger partial charge in [0, 0.05) is 61.4 Å². The smallest absolute Gasteiger partial charge is 0.386 e. The molecule has 4 unspecified atom stereocenters. The number of nitrogens with zero attached hydrogens (tertiary/aromatic N) is 8. The van der Waals surface area contributed by atoms with E-state index >= 15 is 0 Å². The van der Waals surface area contributed by atoms with Gasteiger partial charge >= 0.3 is 46.9 Å². The molecule has 4 amide bonds. The molecule has 2 aliphatic rings. The number of phosphoric ester groups is 6. The zero-order valence-corrected chi connectivity index (χ0v) is 59.8. The molecule has 0 aromatic carbocycles. The van der Waals surface area contributed by atoms with Crippen molar-refractivity contribution in [3.05, 3.63) is 38.0 Å². The van der Waals surface area contributed by atoms with Crippen molar-refractivity contribution in [3.8, 4) is 0 Å². The number of rotatable bonds is 36. The molecule has 6 heterocycles. The number of imidazole rings is 2. The molecular weight excluding hydrogens is 1500 g/mol. The first-order valence-corrected chi connectivity index (χ1v) is 38.6. The van der Waals surface area contributed by atoms with Gasteiger partial charge in [-0.1, -0.05) is 33.8 Å². The fraction of sp³-hybridized carbons (Fsp3) is 0.644.